The minimum Gasteiger partial charge on any atom is -0.412 e. The Morgan fingerprint density at radius 3 is 2.63 bits per heavy atom. The first-order valence-electron chi connectivity index (χ1n) is 9.55. The maximum absolute atomic E-state index is 12.5. The predicted octanol–water partition coefficient (Wildman–Crippen LogP) is 2.73. The Hall–Kier alpha value is -2.27. The largest absolute Gasteiger partial charge is 0.412 e. The van der Waals surface area contributed by atoms with Crippen LogP contribution >= 0.6 is 0 Å². The van der Waals surface area contributed by atoms with Gasteiger partial charge in [-0.25, -0.2) is 0 Å². The van der Waals surface area contributed by atoms with Crippen molar-refractivity contribution >= 4 is 5.78 Å². The fraction of sp³-hybridized carbons (Fsp3) is 0.500. The molecule has 3 atom stereocenters. The average molecular weight is 374 g/mol. The maximum atomic E-state index is 12.5. The molecule has 1 fully saturated rings. The van der Waals surface area contributed by atoms with Crippen LogP contribution in [0.5, 0.6) is 0 Å². The summed E-state index contributed by atoms with van der Waals surface area (Å²) in [6.07, 6.45) is 4.56. The number of carbonyl (C=O) groups is 1. The molecule has 5 nitrogen and oxygen atoms in total. The van der Waals surface area contributed by atoms with Crippen molar-refractivity contribution < 1.29 is 10.3 Å². The fourth-order valence-electron chi connectivity index (χ4n) is 3.95. The van der Waals surface area contributed by atoms with E-state index < -0.39 is 0 Å². The lowest BCUT2D eigenvalue weighted by atomic mass is 9.69. The van der Waals surface area contributed by atoms with E-state index in [0.29, 0.717) is 18.0 Å². The molecule has 5 heteroatoms. The van der Waals surface area contributed by atoms with Crippen molar-refractivity contribution in [3.05, 3.63) is 60.1 Å². The number of hydrogen-bond donors (Lipinski definition) is 2. The van der Waals surface area contributed by atoms with Gasteiger partial charge in [-0.2, -0.15) is 0 Å². The Morgan fingerprint density at radius 2 is 2.07 bits per heavy atom. The van der Waals surface area contributed by atoms with Crippen molar-refractivity contribution in [3.8, 4) is 0 Å². The van der Waals surface area contributed by atoms with Crippen molar-refractivity contribution in [2.24, 2.45) is 11.7 Å². The standard InChI is InChI=1S/C22H33N3O.H2O/c1-6-20(26)19-13-10-14-25(19)17(3)22(4,16(2)15-21(23)24-5)18-11-8-7-9-12-18;/h7-9,11-12,15-16,19,24H,3,6,10,13-14,23H2,1-2,4-5H3;1H2/b21-15-;/t16?,19-,22?;/m1./s1. The van der Waals surface area contributed by atoms with Crippen LogP contribution in [0.4, 0.5) is 0 Å². The second kappa shape index (κ2) is 9.60. The zero-order valence-corrected chi connectivity index (χ0v) is 17.1. The Labute approximate surface area is 163 Å². The average Bonchev–Trinajstić information content (AvgIpc) is 3.16. The molecule has 2 unspecified atom stereocenters. The number of hydrogen-bond acceptors (Lipinski definition) is 4. The van der Waals surface area contributed by atoms with Crippen LogP contribution in [0, 0.1) is 5.92 Å². The Balaban J connectivity index is 0.00000364. The number of ketones is 1. The molecule has 1 aromatic rings. The van der Waals surface area contributed by atoms with Crippen LogP contribution in [0.2, 0.25) is 0 Å². The Kier molecular flexibility index (Phi) is 8.10. The van der Waals surface area contributed by atoms with Crippen LogP contribution in [-0.4, -0.2) is 35.8 Å². The van der Waals surface area contributed by atoms with E-state index in [1.54, 1.807) is 0 Å². The first kappa shape index (κ1) is 22.8. The molecule has 1 aromatic carbocycles. The molecule has 2 rings (SSSR count). The maximum Gasteiger partial charge on any atom is 0.154 e. The number of carbonyl (C=O) groups excluding carboxylic acids is 1. The summed E-state index contributed by atoms with van der Waals surface area (Å²) in [5.41, 5.74) is 7.89. The van der Waals surface area contributed by atoms with Crippen LogP contribution in [0.25, 0.3) is 0 Å². The van der Waals surface area contributed by atoms with Gasteiger partial charge in [-0.3, -0.25) is 4.79 Å². The van der Waals surface area contributed by atoms with Crippen LogP contribution < -0.4 is 11.1 Å². The third kappa shape index (κ3) is 4.53. The second-order valence-corrected chi connectivity index (χ2v) is 7.35. The van der Waals surface area contributed by atoms with E-state index in [9.17, 15) is 4.79 Å². The summed E-state index contributed by atoms with van der Waals surface area (Å²) in [5.74, 6) is 1.06. The zero-order valence-electron chi connectivity index (χ0n) is 17.1. The van der Waals surface area contributed by atoms with Crippen molar-refractivity contribution in [1.29, 1.82) is 0 Å². The smallest absolute Gasteiger partial charge is 0.154 e. The van der Waals surface area contributed by atoms with Crippen LogP contribution in [0.3, 0.4) is 0 Å². The molecule has 150 valence electrons. The first-order valence-corrected chi connectivity index (χ1v) is 9.55. The molecule has 0 aromatic heterocycles. The lowest BCUT2D eigenvalue weighted by molar-refractivity contribution is -0.122. The molecule has 1 aliphatic heterocycles. The Morgan fingerprint density at radius 1 is 1.44 bits per heavy atom. The van der Waals surface area contributed by atoms with Gasteiger partial charge in [-0.05, 0) is 37.3 Å². The molecule has 1 aliphatic rings. The van der Waals surface area contributed by atoms with Crippen molar-refractivity contribution in [2.45, 2.75) is 51.5 Å². The summed E-state index contributed by atoms with van der Waals surface area (Å²) in [5, 5.41) is 3.01. The van der Waals surface area contributed by atoms with Gasteiger partial charge in [0.15, 0.2) is 5.78 Å². The minimum absolute atomic E-state index is 0. The summed E-state index contributed by atoms with van der Waals surface area (Å²) >= 11 is 0. The molecular formula is C22H35N3O2. The van der Waals surface area contributed by atoms with E-state index in [4.69, 9.17) is 5.73 Å². The van der Waals surface area contributed by atoms with E-state index in [2.05, 4.69) is 54.9 Å². The van der Waals surface area contributed by atoms with Gasteiger partial charge < -0.3 is 21.4 Å². The third-order valence-corrected chi connectivity index (χ3v) is 5.92. The number of rotatable bonds is 8. The molecule has 0 spiro atoms. The highest BCUT2D eigenvalue weighted by atomic mass is 16.1. The van der Waals surface area contributed by atoms with Gasteiger partial charge in [-0.1, -0.05) is 50.8 Å². The van der Waals surface area contributed by atoms with Gasteiger partial charge in [-0.15, -0.1) is 0 Å². The summed E-state index contributed by atoms with van der Waals surface area (Å²) in [7, 11) is 1.82. The summed E-state index contributed by atoms with van der Waals surface area (Å²) < 4.78 is 0. The van der Waals surface area contributed by atoms with Gasteiger partial charge in [0.1, 0.15) is 0 Å². The third-order valence-electron chi connectivity index (χ3n) is 5.92. The highest BCUT2D eigenvalue weighted by Crippen LogP contribution is 2.43. The molecule has 0 radical (unpaired) electrons. The number of nitrogens with one attached hydrogen (secondary N) is 1. The number of benzene rings is 1. The van der Waals surface area contributed by atoms with Gasteiger partial charge in [0, 0.05) is 31.1 Å². The SMILES string of the molecule is C=C(N1CCC[C@@H]1C(=O)CC)C(C)(c1ccccc1)C(C)/C=C(/N)NC.O. The molecule has 0 aliphatic carbocycles. The first-order chi connectivity index (χ1) is 12.4. The fourth-order valence-corrected chi connectivity index (χ4v) is 3.95. The lowest BCUT2D eigenvalue weighted by Gasteiger charge is -2.43. The molecule has 1 saturated heterocycles. The van der Waals surface area contributed by atoms with Gasteiger partial charge in [0.05, 0.1) is 11.9 Å². The van der Waals surface area contributed by atoms with Crippen molar-refractivity contribution in [1.82, 2.24) is 10.2 Å². The van der Waals surface area contributed by atoms with Gasteiger partial charge in [0.25, 0.3) is 0 Å². The topological polar surface area (TPSA) is 89.9 Å². The van der Waals surface area contributed by atoms with Gasteiger partial charge >= 0.3 is 0 Å². The monoisotopic (exact) mass is 373 g/mol. The summed E-state index contributed by atoms with van der Waals surface area (Å²) in [6, 6.07) is 10.4. The van der Waals surface area contributed by atoms with E-state index >= 15 is 0 Å². The van der Waals surface area contributed by atoms with Crippen molar-refractivity contribution in [3.63, 3.8) is 0 Å². The Bertz CT molecular complexity index is 671. The van der Waals surface area contributed by atoms with E-state index in [0.717, 1.165) is 25.1 Å². The van der Waals surface area contributed by atoms with Gasteiger partial charge in [0.2, 0.25) is 0 Å². The molecule has 5 N–H and O–H groups in total. The van der Waals surface area contributed by atoms with Crippen LogP contribution in [0.15, 0.2) is 54.5 Å². The summed E-state index contributed by atoms with van der Waals surface area (Å²) in [6.45, 7) is 11.7. The number of nitrogens with two attached hydrogens (primary N) is 1. The van der Waals surface area contributed by atoms with E-state index in [1.165, 1.54) is 5.56 Å². The van der Waals surface area contributed by atoms with Crippen LogP contribution in [-0.2, 0) is 10.2 Å². The van der Waals surface area contributed by atoms with E-state index in [1.807, 2.05) is 26.1 Å². The van der Waals surface area contributed by atoms with E-state index in [-0.39, 0.29) is 22.9 Å². The number of likely N-dealkylation sites (tertiary alicyclic amines) is 1. The molecule has 27 heavy (non-hydrogen) atoms. The number of allylic oxidation sites excluding steroid dienone is 2. The van der Waals surface area contributed by atoms with Crippen LogP contribution in [0.1, 0.15) is 45.6 Å². The molecular weight excluding hydrogens is 338 g/mol. The number of nitrogens with zero attached hydrogens (tertiary/aromatic N) is 1. The highest BCUT2D eigenvalue weighted by Gasteiger charge is 2.42. The summed E-state index contributed by atoms with van der Waals surface area (Å²) in [4.78, 5) is 14.7. The molecule has 0 bridgehead atoms. The zero-order chi connectivity index (χ0) is 19.3. The predicted molar refractivity (Wildman–Crippen MR) is 112 cm³/mol. The molecule has 0 amide bonds. The second-order valence-electron chi connectivity index (χ2n) is 7.35. The van der Waals surface area contributed by atoms with Crippen molar-refractivity contribution in [2.75, 3.05) is 13.6 Å². The highest BCUT2D eigenvalue weighted by molar-refractivity contribution is 5.84. The number of Topliss-reactive ketones (excluding diaryl/α,β-unsaturated/α-hetero) is 1. The normalized spacial score (nSPS) is 20.4. The quantitative estimate of drug-likeness (QED) is 0.733. The molecule has 1 heterocycles. The lowest BCUT2D eigenvalue weighted by Crippen LogP contribution is -2.44. The minimum atomic E-state index is -0.348. The molecule has 0 saturated carbocycles.